The maximum Gasteiger partial charge on any atom is 0.335 e. The van der Waals surface area contributed by atoms with Gasteiger partial charge in [0.15, 0.2) is 5.71 Å². The topological polar surface area (TPSA) is 391 Å². The molecule has 2 atom stereocenters. The van der Waals surface area contributed by atoms with E-state index in [4.69, 9.17) is 9.47 Å². The third-order valence-corrected chi connectivity index (χ3v) is 19.2. The van der Waals surface area contributed by atoms with Crippen molar-refractivity contribution in [2.45, 2.75) is 69.9 Å². The third-order valence-electron chi connectivity index (χ3n) is 14.1. The number of fused-ring (bicyclic) bond motifs is 6. The Morgan fingerprint density at radius 2 is 1.15 bits per heavy atom. The number of aromatic carboxylic acids is 1. The van der Waals surface area contributed by atoms with E-state index in [0.717, 1.165) is 12.1 Å². The highest BCUT2D eigenvalue weighted by Gasteiger charge is 2.49. The molecule has 0 aliphatic carbocycles. The Bertz CT molecular complexity index is 4210. The van der Waals surface area contributed by atoms with E-state index in [1.807, 2.05) is 0 Å². The SMILES string of the molecule is COCCC1(C)C(/C=C/C(=C/C=C2/N(CCCS(=O)(=O)O)c3ccc4c(S(=O)(=O)O)cc(S(=O)(=O)O)cc4c3C2(C)CCOC)c2ccc(C(=O)O)cc2)=[N+](CCCS(=O)(=O)O)c2ccc3c(S(=O)(=O)[O-])cc(S(=O)(=O)O)cc3c21. The van der Waals surface area contributed by atoms with E-state index in [9.17, 15) is 87.7 Å². The maximum atomic E-state index is 12.9. The quantitative estimate of drug-likeness (QED) is 0.0262. The largest absolute Gasteiger partial charge is 0.744 e. The Labute approximate surface area is 461 Å². The maximum absolute atomic E-state index is 12.9. The molecule has 0 radical (unpaired) electrons. The van der Waals surface area contributed by atoms with Crippen LogP contribution in [0.15, 0.2) is 122 Å². The fraction of sp³-hybridized carbons (Fsp3) is 0.320. The van der Waals surface area contributed by atoms with Gasteiger partial charge in [0.2, 0.25) is 5.69 Å². The molecule has 5 aromatic carbocycles. The number of carbonyl (C=O) groups is 1. The van der Waals surface area contributed by atoms with Crippen LogP contribution in [0.3, 0.4) is 0 Å². The van der Waals surface area contributed by atoms with Gasteiger partial charge in [0, 0.05) is 85.7 Å². The number of hydrogen-bond donors (Lipinski definition) is 6. The van der Waals surface area contributed by atoms with Gasteiger partial charge >= 0.3 is 5.97 Å². The minimum absolute atomic E-state index is 0.0200. The van der Waals surface area contributed by atoms with Crippen molar-refractivity contribution in [2.75, 3.05) is 56.9 Å². The van der Waals surface area contributed by atoms with Crippen molar-refractivity contribution in [3.8, 4) is 0 Å². The summed E-state index contributed by atoms with van der Waals surface area (Å²) in [7, 11) is -27.3. The molecule has 2 heterocycles. The molecule has 24 nitrogen and oxygen atoms in total. The fourth-order valence-electron chi connectivity index (χ4n) is 10.5. The highest BCUT2D eigenvalue weighted by Crippen LogP contribution is 2.54. The van der Waals surface area contributed by atoms with Crippen LogP contribution in [0.2, 0.25) is 0 Å². The number of rotatable bonds is 23. The predicted octanol–water partition coefficient (Wildman–Crippen LogP) is 5.62. The van der Waals surface area contributed by atoms with E-state index < -0.39 is 109 Å². The zero-order valence-electron chi connectivity index (χ0n) is 42.9. The minimum Gasteiger partial charge on any atom is -0.744 e. The minimum atomic E-state index is -5.43. The van der Waals surface area contributed by atoms with E-state index in [0.29, 0.717) is 29.1 Å². The summed E-state index contributed by atoms with van der Waals surface area (Å²) in [6.45, 7) is 2.97. The lowest BCUT2D eigenvalue weighted by Gasteiger charge is -2.30. The van der Waals surface area contributed by atoms with Gasteiger partial charge in [-0.3, -0.25) is 22.8 Å². The van der Waals surface area contributed by atoms with Crippen LogP contribution in [0.4, 0.5) is 11.4 Å². The van der Waals surface area contributed by atoms with E-state index in [-0.39, 0.29) is 107 Å². The first-order valence-corrected chi connectivity index (χ1v) is 32.7. The average Bonchev–Trinajstić information content (AvgIpc) is 3.73. The van der Waals surface area contributed by atoms with Gasteiger partial charge in [0.05, 0.1) is 37.2 Å². The Hall–Kier alpha value is -5.84. The molecule has 0 fully saturated rings. The van der Waals surface area contributed by atoms with Crippen LogP contribution in [-0.2, 0) is 81.0 Å². The summed E-state index contributed by atoms with van der Waals surface area (Å²) in [6, 6.07) is 14.1. The van der Waals surface area contributed by atoms with Crippen LogP contribution < -0.4 is 4.90 Å². The lowest BCUT2D eigenvalue weighted by atomic mass is 9.74. The van der Waals surface area contributed by atoms with Gasteiger partial charge in [-0.2, -0.15) is 46.7 Å². The van der Waals surface area contributed by atoms with Crippen LogP contribution in [-0.4, -0.2) is 151 Å². The van der Waals surface area contributed by atoms with Gasteiger partial charge < -0.3 is 24.0 Å². The van der Waals surface area contributed by atoms with Gasteiger partial charge in [-0.25, -0.2) is 13.2 Å². The molecular formula is C50H54N2O22S6. The van der Waals surface area contributed by atoms with E-state index >= 15 is 0 Å². The number of methoxy groups -OCH3 is 2. The summed E-state index contributed by atoms with van der Waals surface area (Å²) in [5.41, 5.74) is -0.639. The summed E-state index contributed by atoms with van der Waals surface area (Å²) in [6.07, 6.45) is 5.92. The summed E-state index contributed by atoms with van der Waals surface area (Å²) in [5, 5.41) is 9.29. The number of allylic oxidation sites excluding steroid dienone is 6. The van der Waals surface area contributed by atoms with Gasteiger partial charge in [-0.15, -0.1) is 0 Å². The molecule has 80 heavy (non-hydrogen) atoms. The van der Waals surface area contributed by atoms with Crippen molar-refractivity contribution in [2.24, 2.45) is 0 Å². The first-order valence-electron chi connectivity index (χ1n) is 23.8. The first-order chi connectivity index (χ1) is 36.9. The van der Waals surface area contributed by atoms with Crippen LogP contribution in [0.25, 0.3) is 27.1 Å². The van der Waals surface area contributed by atoms with Gasteiger partial charge in [-0.05, 0) is 121 Å². The molecule has 0 saturated heterocycles. The predicted molar refractivity (Wildman–Crippen MR) is 291 cm³/mol. The lowest BCUT2D eigenvalue weighted by molar-refractivity contribution is -0.437. The number of carboxylic acids is 1. The van der Waals surface area contributed by atoms with Gasteiger partial charge in [-0.1, -0.05) is 24.3 Å². The standard InChI is InChI=1S/C50H54N2O22S6/c1-49(19-23-73-3)44(51(21-5-25-75(55,56)57)40-15-13-36-38(46(40)49)27-34(77(61,62)63)29-42(36)79(67,68)69)17-11-32(31-7-9-33(10-8-31)48(53)54)12-18-45-50(2,20-24-74-4)47-39-28-35(78(64,65)66)30-43(80(70,71)72)37(39)14-16-41(47)52(45)22-6-26-76(58,59)60/h7-18,27-30H,5-6,19-26H2,1-4H3,(H6-,53,54,55,56,57,58,59,60,61,62,63,64,65,66,67,68,69,70,71,72). The molecule has 0 spiro atoms. The molecule has 2 aliphatic heterocycles. The molecule has 7 rings (SSSR count). The molecule has 2 aliphatic rings. The number of hydrogen-bond acceptors (Lipinski definition) is 17. The third kappa shape index (κ3) is 12.9. The van der Waals surface area contributed by atoms with Crippen molar-refractivity contribution in [1.29, 1.82) is 0 Å². The second-order valence-electron chi connectivity index (χ2n) is 19.3. The number of benzene rings is 5. The van der Waals surface area contributed by atoms with E-state index in [1.54, 1.807) is 47.6 Å². The average molecular weight is 1230 g/mol. The number of nitrogens with zero attached hydrogens (tertiary/aromatic N) is 2. The Morgan fingerprint density at radius 1 is 0.637 bits per heavy atom. The number of ether oxygens (including phenoxy) is 2. The summed E-state index contributed by atoms with van der Waals surface area (Å²) in [5.74, 6) is -2.75. The van der Waals surface area contributed by atoms with Crippen molar-refractivity contribution >= 4 is 111 Å². The summed E-state index contributed by atoms with van der Waals surface area (Å²) >= 11 is 0. The molecule has 0 bridgehead atoms. The molecule has 6 N–H and O–H groups in total. The van der Waals surface area contributed by atoms with Crippen LogP contribution in [0.5, 0.6) is 0 Å². The van der Waals surface area contributed by atoms with E-state index in [2.05, 4.69) is 0 Å². The number of carboxylic acid groups (broad SMARTS) is 1. The van der Waals surface area contributed by atoms with Crippen molar-refractivity contribution in [1.82, 2.24) is 0 Å². The van der Waals surface area contributed by atoms with Gasteiger partial charge in [0.1, 0.15) is 21.6 Å². The monoisotopic (exact) mass is 1230 g/mol. The smallest absolute Gasteiger partial charge is 0.335 e. The molecule has 2 unspecified atom stereocenters. The van der Waals surface area contributed by atoms with Crippen molar-refractivity contribution in [3.05, 3.63) is 125 Å². The zero-order chi connectivity index (χ0) is 59.3. The molecular weight excluding hydrogens is 1170 g/mol. The zero-order valence-corrected chi connectivity index (χ0v) is 47.8. The molecule has 0 amide bonds. The van der Waals surface area contributed by atoms with Crippen LogP contribution >= 0.6 is 0 Å². The van der Waals surface area contributed by atoms with Crippen molar-refractivity contribution in [3.63, 3.8) is 0 Å². The Kier molecular flexibility index (Phi) is 17.4. The van der Waals surface area contributed by atoms with Gasteiger partial charge in [0.25, 0.3) is 50.6 Å². The highest BCUT2D eigenvalue weighted by molar-refractivity contribution is 7.87. The lowest BCUT2D eigenvalue weighted by Crippen LogP contribution is -2.33. The van der Waals surface area contributed by atoms with Crippen molar-refractivity contribution < 1.29 is 102 Å². The summed E-state index contributed by atoms with van der Waals surface area (Å²) < 4.78 is 226. The highest BCUT2D eigenvalue weighted by atomic mass is 32.2. The van der Waals surface area contributed by atoms with E-state index in [1.165, 1.54) is 62.8 Å². The normalized spacial score (nSPS) is 19.0. The van der Waals surface area contributed by atoms with Crippen LogP contribution in [0.1, 0.15) is 66.6 Å². The van der Waals surface area contributed by atoms with Crippen LogP contribution in [0, 0.1) is 0 Å². The fourth-order valence-corrected chi connectivity index (χ4v) is 14.2. The second kappa shape index (κ2) is 22.5. The Balaban J connectivity index is 1.57. The summed E-state index contributed by atoms with van der Waals surface area (Å²) in [4.78, 5) is 10.1. The first kappa shape index (κ1) is 61.8. The molecule has 5 aromatic rings. The molecule has 0 aromatic heterocycles. The Morgan fingerprint density at radius 3 is 1.68 bits per heavy atom. The number of anilines is 1. The molecule has 0 saturated carbocycles. The molecule has 432 valence electrons. The second-order valence-corrected chi connectivity index (χ2v) is 28.1. The molecule has 30 heteroatoms.